The second kappa shape index (κ2) is 5.93. The Labute approximate surface area is 112 Å². The zero-order valence-electron chi connectivity index (χ0n) is 11.3. The zero-order chi connectivity index (χ0) is 13.8. The number of hydrogen-bond acceptors (Lipinski definition) is 4. The predicted molar refractivity (Wildman–Crippen MR) is 74.0 cm³/mol. The number of rotatable bonds is 4. The summed E-state index contributed by atoms with van der Waals surface area (Å²) in [6, 6.07) is 0.451. The van der Waals surface area contributed by atoms with Gasteiger partial charge in [0, 0.05) is 29.9 Å². The lowest BCUT2D eigenvalue weighted by atomic mass is 10.0. The third kappa shape index (κ3) is 3.17. The van der Waals surface area contributed by atoms with Crippen LogP contribution < -0.4 is 5.32 Å². The summed E-state index contributed by atoms with van der Waals surface area (Å²) < 4.78 is 0. The number of nitro groups is 1. The van der Waals surface area contributed by atoms with Crippen molar-refractivity contribution in [3.63, 3.8) is 0 Å². The monoisotopic (exact) mass is 261 g/mol. The fourth-order valence-electron chi connectivity index (χ4n) is 2.44. The number of nitrogens with one attached hydrogen (secondary N) is 1. The lowest BCUT2D eigenvalue weighted by molar-refractivity contribution is -0.386. The SMILES string of the molecule is Cc1cnc(CNC2CC=CCC2)c(C)c1[N+](=O)[O-]. The van der Waals surface area contributed by atoms with Gasteiger partial charge in [-0.2, -0.15) is 0 Å². The van der Waals surface area contributed by atoms with Crippen molar-refractivity contribution < 1.29 is 4.92 Å². The van der Waals surface area contributed by atoms with E-state index in [2.05, 4.69) is 22.5 Å². The predicted octanol–water partition coefficient (Wildman–Crippen LogP) is 2.80. The van der Waals surface area contributed by atoms with Gasteiger partial charge in [0.25, 0.3) is 5.69 Å². The van der Waals surface area contributed by atoms with Gasteiger partial charge in [-0.05, 0) is 33.1 Å². The first-order chi connectivity index (χ1) is 9.09. The Morgan fingerprint density at radius 3 is 2.89 bits per heavy atom. The molecule has 0 bridgehead atoms. The molecule has 2 rings (SSSR count). The van der Waals surface area contributed by atoms with Crippen molar-refractivity contribution in [1.29, 1.82) is 0 Å². The van der Waals surface area contributed by atoms with Crippen LogP contribution in [-0.2, 0) is 6.54 Å². The molecule has 1 aromatic rings. The number of pyridine rings is 1. The normalized spacial score (nSPS) is 18.5. The van der Waals surface area contributed by atoms with Gasteiger partial charge in [0.05, 0.1) is 10.6 Å². The van der Waals surface area contributed by atoms with Crippen LogP contribution in [0.1, 0.15) is 36.1 Å². The first-order valence-electron chi connectivity index (χ1n) is 6.57. The smallest absolute Gasteiger partial charge is 0.278 e. The molecule has 1 heterocycles. The minimum absolute atomic E-state index is 0.190. The van der Waals surface area contributed by atoms with E-state index in [-0.39, 0.29) is 10.6 Å². The molecule has 19 heavy (non-hydrogen) atoms. The molecule has 0 aromatic carbocycles. The largest absolute Gasteiger partial charge is 0.308 e. The standard InChI is InChI=1S/C14H19N3O2/c1-10-8-16-13(11(2)14(10)17(18)19)9-15-12-6-4-3-5-7-12/h3-4,8,12,15H,5-7,9H2,1-2H3. The van der Waals surface area contributed by atoms with E-state index in [0.29, 0.717) is 23.7 Å². The van der Waals surface area contributed by atoms with E-state index in [0.717, 1.165) is 25.0 Å². The van der Waals surface area contributed by atoms with Crippen LogP contribution in [0.4, 0.5) is 5.69 Å². The Bertz CT molecular complexity index is 512. The highest BCUT2D eigenvalue weighted by molar-refractivity contribution is 5.47. The summed E-state index contributed by atoms with van der Waals surface area (Å²) >= 11 is 0. The molecule has 1 N–H and O–H groups in total. The molecule has 5 heteroatoms. The van der Waals surface area contributed by atoms with Crippen LogP contribution in [-0.4, -0.2) is 15.9 Å². The van der Waals surface area contributed by atoms with Gasteiger partial charge in [-0.15, -0.1) is 0 Å². The Hall–Kier alpha value is -1.75. The van der Waals surface area contributed by atoms with Crippen molar-refractivity contribution in [3.8, 4) is 0 Å². The Morgan fingerprint density at radius 2 is 2.26 bits per heavy atom. The van der Waals surface area contributed by atoms with Crippen LogP contribution in [0.3, 0.4) is 0 Å². The average molecular weight is 261 g/mol. The molecule has 0 saturated heterocycles. The molecule has 0 radical (unpaired) electrons. The second-order valence-corrected chi connectivity index (χ2v) is 4.98. The minimum Gasteiger partial charge on any atom is -0.308 e. The number of aryl methyl sites for hydroxylation is 1. The summed E-state index contributed by atoms with van der Waals surface area (Å²) in [5.41, 5.74) is 2.25. The molecular formula is C14H19N3O2. The Morgan fingerprint density at radius 1 is 1.47 bits per heavy atom. The zero-order valence-corrected chi connectivity index (χ0v) is 11.3. The number of allylic oxidation sites excluding steroid dienone is 1. The van der Waals surface area contributed by atoms with Crippen molar-refractivity contribution in [3.05, 3.63) is 45.3 Å². The van der Waals surface area contributed by atoms with E-state index < -0.39 is 0 Å². The van der Waals surface area contributed by atoms with Gasteiger partial charge in [0.2, 0.25) is 0 Å². The van der Waals surface area contributed by atoms with Crippen LogP contribution in [0.25, 0.3) is 0 Å². The van der Waals surface area contributed by atoms with Crippen LogP contribution in [0, 0.1) is 24.0 Å². The fraction of sp³-hybridized carbons (Fsp3) is 0.500. The number of hydrogen-bond donors (Lipinski definition) is 1. The van der Waals surface area contributed by atoms with Crippen LogP contribution in [0.5, 0.6) is 0 Å². The lowest BCUT2D eigenvalue weighted by Crippen LogP contribution is -2.29. The number of nitrogens with zero attached hydrogens (tertiary/aromatic N) is 2. The summed E-state index contributed by atoms with van der Waals surface area (Å²) in [5.74, 6) is 0. The molecule has 0 amide bonds. The van der Waals surface area contributed by atoms with Gasteiger partial charge in [-0.1, -0.05) is 12.2 Å². The van der Waals surface area contributed by atoms with Crippen molar-refractivity contribution in [2.45, 2.75) is 45.7 Å². The van der Waals surface area contributed by atoms with E-state index in [1.165, 1.54) is 0 Å². The highest BCUT2D eigenvalue weighted by Gasteiger charge is 2.19. The molecule has 0 saturated carbocycles. The molecule has 0 spiro atoms. The molecule has 1 aromatic heterocycles. The quantitative estimate of drug-likeness (QED) is 0.514. The number of aromatic nitrogens is 1. The molecule has 0 fully saturated rings. The molecule has 1 unspecified atom stereocenters. The molecule has 5 nitrogen and oxygen atoms in total. The highest BCUT2D eigenvalue weighted by atomic mass is 16.6. The van der Waals surface area contributed by atoms with E-state index in [1.807, 2.05) is 0 Å². The van der Waals surface area contributed by atoms with Gasteiger partial charge < -0.3 is 5.32 Å². The van der Waals surface area contributed by atoms with E-state index in [9.17, 15) is 10.1 Å². The van der Waals surface area contributed by atoms with E-state index >= 15 is 0 Å². The summed E-state index contributed by atoms with van der Waals surface area (Å²) in [6.07, 6.45) is 9.19. The first-order valence-corrected chi connectivity index (χ1v) is 6.57. The van der Waals surface area contributed by atoms with Gasteiger partial charge >= 0.3 is 0 Å². The summed E-state index contributed by atoms with van der Waals surface area (Å²) in [6.45, 7) is 4.09. The highest BCUT2D eigenvalue weighted by Crippen LogP contribution is 2.24. The first kappa shape index (κ1) is 13.7. The molecule has 0 aliphatic heterocycles. The lowest BCUT2D eigenvalue weighted by Gasteiger charge is -2.19. The maximum atomic E-state index is 11.0. The maximum absolute atomic E-state index is 11.0. The van der Waals surface area contributed by atoms with Gasteiger partial charge in [0.15, 0.2) is 0 Å². The Kier molecular flexibility index (Phi) is 4.27. The summed E-state index contributed by atoms with van der Waals surface area (Å²) in [5, 5.41) is 14.5. The second-order valence-electron chi connectivity index (χ2n) is 4.98. The van der Waals surface area contributed by atoms with E-state index in [4.69, 9.17) is 0 Å². The van der Waals surface area contributed by atoms with Gasteiger partial charge in [0.1, 0.15) is 0 Å². The molecule has 102 valence electrons. The van der Waals surface area contributed by atoms with Gasteiger partial charge in [-0.25, -0.2) is 0 Å². The molecular weight excluding hydrogens is 242 g/mol. The van der Waals surface area contributed by atoms with Crippen molar-refractivity contribution in [2.75, 3.05) is 0 Å². The van der Waals surface area contributed by atoms with Gasteiger partial charge in [-0.3, -0.25) is 15.1 Å². The van der Waals surface area contributed by atoms with Crippen molar-refractivity contribution in [1.82, 2.24) is 10.3 Å². The van der Waals surface area contributed by atoms with Crippen molar-refractivity contribution in [2.24, 2.45) is 0 Å². The van der Waals surface area contributed by atoms with E-state index in [1.54, 1.807) is 20.0 Å². The third-order valence-corrected chi connectivity index (χ3v) is 3.59. The van der Waals surface area contributed by atoms with Crippen LogP contribution >= 0.6 is 0 Å². The maximum Gasteiger partial charge on any atom is 0.278 e. The minimum atomic E-state index is -0.320. The Balaban J connectivity index is 2.10. The third-order valence-electron chi connectivity index (χ3n) is 3.59. The molecule has 1 aliphatic rings. The average Bonchev–Trinajstić information content (AvgIpc) is 2.38. The molecule has 1 atom stereocenters. The topological polar surface area (TPSA) is 68.1 Å². The summed E-state index contributed by atoms with van der Waals surface area (Å²) in [4.78, 5) is 15.0. The fourth-order valence-corrected chi connectivity index (χ4v) is 2.44. The van der Waals surface area contributed by atoms with Crippen molar-refractivity contribution >= 4 is 5.69 Å². The summed E-state index contributed by atoms with van der Waals surface area (Å²) in [7, 11) is 0. The van der Waals surface area contributed by atoms with Crippen LogP contribution in [0.2, 0.25) is 0 Å². The van der Waals surface area contributed by atoms with Crippen LogP contribution in [0.15, 0.2) is 18.3 Å². The molecule has 1 aliphatic carbocycles.